The molecule has 0 aliphatic rings. The van der Waals surface area contributed by atoms with E-state index >= 15 is 0 Å². The molecule has 1 heterocycles. The summed E-state index contributed by atoms with van der Waals surface area (Å²) in [4.78, 5) is 16.7. The lowest BCUT2D eigenvalue weighted by Gasteiger charge is -2.11. The third-order valence-corrected chi connectivity index (χ3v) is 6.14. The Bertz CT molecular complexity index is 1090. The van der Waals surface area contributed by atoms with Gasteiger partial charge in [-0.3, -0.25) is 4.79 Å². The number of methoxy groups -OCH3 is 1. The minimum atomic E-state index is -3.51. The summed E-state index contributed by atoms with van der Waals surface area (Å²) in [6, 6.07) is 11.9. The molecule has 3 rings (SSSR count). The van der Waals surface area contributed by atoms with E-state index in [4.69, 9.17) is 4.74 Å². The van der Waals surface area contributed by atoms with Crippen LogP contribution in [0.2, 0.25) is 0 Å². The van der Waals surface area contributed by atoms with E-state index in [2.05, 4.69) is 10.3 Å². The van der Waals surface area contributed by atoms with Crippen molar-refractivity contribution in [3.63, 3.8) is 0 Å². The van der Waals surface area contributed by atoms with E-state index < -0.39 is 10.0 Å². The van der Waals surface area contributed by atoms with Crippen molar-refractivity contribution in [3.05, 3.63) is 48.8 Å². The molecule has 2 aromatic carbocycles. The number of sulfonamides is 1. The number of ether oxygens (including phenoxy) is 1. The number of amides is 1. The molecule has 0 unspecified atom stereocenters. The Kier molecular flexibility index (Phi) is 5.66. The highest BCUT2D eigenvalue weighted by Gasteiger charge is 2.18. The number of carbonyl (C=O) groups is 1. The number of anilines is 1. The van der Waals surface area contributed by atoms with E-state index in [0.29, 0.717) is 17.7 Å². The lowest BCUT2D eigenvalue weighted by atomic mass is 10.3. The zero-order valence-electron chi connectivity index (χ0n) is 15.9. The molecule has 0 bridgehead atoms. The molecule has 28 heavy (non-hydrogen) atoms. The second kappa shape index (κ2) is 7.99. The number of nitrogens with zero attached hydrogens (tertiary/aromatic N) is 3. The number of rotatable bonds is 7. The maximum absolute atomic E-state index is 12.2. The van der Waals surface area contributed by atoms with E-state index in [1.54, 1.807) is 55.9 Å². The summed E-state index contributed by atoms with van der Waals surface area (Å²) in [5, 5.41) is 2.83. The second-order valence-electron chi connectivity index (χ2n) is 6.40. The Balaban J connectivity index is 1.68. The van der Waals surface area contributed by atoms with Gasteiger partial charge < -0.3 is 14.6 Å². The lowest BCUT2D eigenvalue weighted by molar-refractivity contribution is -0.116. The Morgan fingerprint density at radius 1 is 1.18 bits per heavy atom. The SMILES string of the molecule is COc1ccc(NC(=O)CCn2cnc3cc(S(=O)(=O)N(C)C)ccc32)cc1. The number of hydrogen-bond donors (Lipinski definition) is 1. The smallest absolute Gasteiger partial charge is 0.242 e. The summed E-state index contributed by atoms with van der Waals surface area (Å²) in [5.41, 5.74) is 2.04. The fraction of sp³-hybridized carbons (Fsp3) is 0.263. The van der Waals surface area contributed by atoms with Gasteiger partial charge in [0.05, 0.1) is 29.4 Å². The van der Waals surface area contributed by atoms with E-state index in [-0.39, 0.29) is 17.2 Å². The van der Waals surface area contributed by atoms with Gasteiger partial charge in [-0.05, 0) is 42.5 Å². The molecule has 0 aliphatic heterocycles. The molecule has 0 saturated heterocycles. The predicted molar refractivity (Wildman–Crippen MR) is 107 cm³/mol. The molecule has 1 aromatic heterocycles. The summed E-state index contributed by atoms with van der Waals surface area (Å²) in [7, 11) is 1.04. The fourth-order valence-corrected chi connectivity index (χ4v) is 3.64. The molecular weight excluding hydrogens is 380 g/mol. The predicted octanol–water partition coefficient (Wildman–Crippen LogP) is 2.32. The van der Waals surface area contributed by atoms with Gasteiger partial charge >= 0.3 is 0 Å². The Morgan fingerprint density at radius 2 is 1.89 bits per heavy atom. The molecule has 148 valence electrons. The van der Waals surface area contributed by atoms with Crippen molar-refractivity contribution in [3.8, 4) is 5.75 Å². The maximum atomic E-state index is 12.2. The van der Waals surface area contributed by atoms with Crippen LogP contribution in [-0.2, 0) is 21.4 Å². The van der Waals surface area contributed by atoms with Crippen LogP contribution in [0.15, 0.2) is 53.7 Å². The van der Waals surface area contributed by atoms with Crippen molar-refractivity contribution in [2.45, 2.75) is 17.9 Å². The molecule has 0 radical (unpaired) electrons. The van der Waals surface area contributed by atoms with Crippen molar-refractivity contribution < 1.29 is 17.9 Å². The molecular formula is C19H22N4O4S. The first-order valence-corrected chi connectivity index (χ1v) is 10.1. The standard InChI is InChI=1S/C19H22N4O4S/c1-22(2)28(25,26)16-8-9-18-17(12-16)20-13-23(18)11-10-19(24)21-14-4-6-15(27-3)7-5-14/h4-9,12-13H,10-11H2,1-3H3,(H,21,24). The van der Waals surface area contributed by atoms with Gasteiger partial charge in [0.25, 0.3) is 0 Å². The van der Waals surface area contributed by atoms with Crippen molar-refractivity contribution in [1.29, 1.82) is 0 Å². The largest absolute Gasteiger partial charge is 0.497 e. The van der Waals surface area contributed by atoms with Gasteiger partial charge in [0.2, 0.25) is 15.9 Å². The summed E-state index contributed by atoms with van der Waals surface area (Å²) in [6.45, 7) is 0.429. The molecule has 0 atom stereocenters. The normalized spacial score (nSPS) is 11.7. The number of benzene rings is 2. The highest BCUT2D eigenvalue weighted by molar-refractivity contribution is 7.89. The van der Waals surface area contributed by atoms with Gasteiger partial charge in [0, 0.05) is 32.7 Å². The Labute approximate surface area is 163 Å². The highest BCUT2D eigenvalue weighted by Crippen LogP contribution is 2.20. The van der Waals surface area contributed by atoms with Gasteiger partial charge in [-0.2, -0.15) is 0 Å². The van der Waals surface area contributed by atoms with Crippen LogP contribution in [0, 0.1) is 0 Å². The van der Waals surface area contributed by atoms with Crippen LogP contribution in [0.4, 0.5) is 5.69 Å². The van der Waals surface area contributed by atoms with Gasteiger partial charge in [0.15, 0.2) is 0 Å². The summed E-state index contributed by atoms with van der Waals surface area (Å²) >= 11 is 0. The van der Waals surface area contributed by atoms with Crippen molar-refractivity contribution in [1.82, 2.24) is 13.9 Å². The topological polar surface area (TPSA) is 93.5 Å². The van der Waals surface area contributed by atoms with E-state index in [1.807, 2.05) is 4.57 Å². The van der Waals surface area contributed by atoms with Crippen LogP contribution in [0.3, 0.4) is 0 Å². The van der Waals surface area contributed by atoms with Gasteiger partial charge in [-0.25, -0.2) is 17.7 Å². The third kappa shape index (κ3) is 4.15. The third-order valence-electron chi connectivity index (χ3n) is 4.32. The molecule has 0 spiro atoms. The first-order valence-electron chi connectivity index (χ1n) is 8.62. The average molecular weight is 402 g/mol. The molecule has 0 fully saturated rings. The fourth-order valence-electron chi connectivity index (χ4n) is 2.71. The number of aryl methyl sites for hydroxylation is 1. The van der Waals surface area contributed by atoms with Crippen LogP contribution in [-0.4, -0.2) is 49.4 Å². The minimum Gasteiger partial charge on any atom is -0.497 e. The van der Waals surface area contributed by atoms with Crippen LogP contribution >= 0.6 is 0 Å². The van der Waals surface area contributed by atoms with Gasteiger partial charge in [-0.15, -0.1) is 0 Å². The van der Waals surface area contributed by atoms with Crippen molar-refractivity contribution >= 4 is 32.7 Å². The van der Waals surface area contributed by atoms with Gasteiger partial charge in [0.1, 0.15) is 5.75 Å². The molecule has 0 aliphatic carbocycles. The Hall–Kier alpha value is -2.91. The summed E-state index contributed by atoms with van der Waals surface area (Å²) in [5.74, 6) is 0.595. The number of fused-ring (bicyclic) bond motifs is 1. The molecule has 0 saturated carbocycles. The Morgan fingerprint density at radius 3 is 2.54 bits per heavy atom. The molecule has 3 aromatic rings. The quantitative estimate of drug-likeness (QED) is 0.655. The van der Waals surface area contributed by atoms with Crippen LogP contribution in [0.1, 0.15) is 6.42 Å². The number of aromatic nitrogens is 2. The summed E-state index contributed by atoms with van der Waals surface area (Å²) in [6.07, 6.45) is 1.87. The zero-order valence-corrected chi connectivity index (χ0v) is 16.7. The highest BCUT2D eigenvalue weighted by atomic mass is 32.2. The van der Waals surface area contributed by atoms with Crippen LogP contribution in [0.25, 0.3) is 11.0 Å². The second-order valence-corrected chi connectivity index (χ2v) is 8.55. The van der Waals surface area contributed by atoms with E-state index in [0.717, 1.165) is 15.6 Å². The molecule has 9 heteroatoms. The number of hydrogen-bond acceptors (Lipinski definition) is 5. The number of carbonyl (C=O) groups excluding carboxylic acids is 1. The van der Waals surface area contributed by atoms with E-state index in [1.165, 1.54) is 14.1 Å². The van der Waals surface area contributed by atoms with Crippen LogP contribution in [0.5, 0.6) is 5.75 Å². The molecule has 1 N–H and O–H groups in total. The van der Waals surface area contributed by atoms with Crippen molar-refractivity contribution in [2.24, 2.45) is 0 Å². The monoisotopic (exact) mass is 402 g/mol. The first kappa shape index (κ1) is 19.8. The molecule has 8 nitrogen and oxygen atoms in total. The average Bonchev–Trinajstić information content (AvgIpc) is 3.09. The minimum absolute atomic E-state index is 0.126. The van der Waals surface area contributed by atoms with Crippen molar-refractivity contribution in [2.75, 3.05) is 26.5 Å². The number of imidazole rings is 1. The maximum Gasteiger partial charge on any atom is 0.242 e. The van der Waals surface area contributed by atoms with E-state index in [9.17, 15) is 13.2 Å². The zero-order chi connectivity index (χ0) is 20.3. The summed E-state index contributed by atoms with van der Waals surface area (Å²) < 4.78 is 32.6. The van der Waals surface area contributed by atoms with Crippen LogP contribution < -0.4 is 10.1 Å². The molecule has 1 amide bonds. The number of nitrogens with one attached hydrogen (secondary N) is 1. The van der Waals surface area contributed by atoms with Gasteiger partial charge in [-0.1, -0.05) is 0 Å². The first-order chi connectivity index (χ1) is 13.3. The lowest BCUT2D eigenvalue weighted by Crippen LogP contribution is -2.22.